The number of carbonyl (C=O) groups is 1. The van der Waals surface area contributed by atoms with Crippen molar-refractivity contribution in [2.24, 2.45) is 11.8 Å². The third kappa shape index (κ3) is 7.73. The van der Waals surface area contributed by atoms with Crippen LogP contribution in [0, 0.1) is 11.8 Å². The molecule has 0 aromatic heterocycles. The minimum absolute atomic E-state index is 0.188. The lowest BCUT2D eigenvalue weighted by Gasteiger charge is -2.37. The molecule has 1 amide bonds. The summed E-state index contributed by atoms with van der Waals surface area (Å²) >= 11 is 9.86. The van der Waals surface area contributed by atoms with Gasteiger partial charge < -0.3 is 14.5 Å². The molecular formula is C25H38BrClN2O2. The van der Waals surface area contributed by atoms with E-state index in [1.54, 1.807) is 14.0 Å². The van der Waals surface area contributed by atoms with Crippen molar-refractivity contribution in [1.29, 1.82) is 0 Å². The summed E-state index contributed by atoms with van der Waals surface area (Å²) in [5, 5.41) is 0.829. The zero-order chi connectivity index (χ0) is 22.2. The number of likely N-dealkylation sites (tertiary alicyclic amines) is 1. The Morgan fingerprint density at radius 3 is 2.52 bits per heavy atom. The molecular weight excluding hydrogens is 476 g/mol. The summed E-state index contributed by atoms with van der Waals surface area (Å²) in [7, 11) is 1.70. The zero-order valence-electron chi connectivity index (χ0n) is 19.1. The number of piperidine rings is 1. The molecule has 2 fully saturated rings. The Labute approximate surface area is 201 Å². The van der Waals surface area contributed by atoms with Crippen LogP contribution in [-0.2, 0) is 16.0 Å². The highest BCUT2D eigenvalue weighted by Crippen LogP contribution is 2.31. The molecule has 31 heavy (non-hydrogen) atoms. The van der Waals surface area contributed by atoms with Crippen molar-refractivity contribution < 1.29 is 9.53 Å². The second-order valence-corrected chi connectivity index (χ2v) is 10.7. The standard InChI is InChI=1S/C25H38BrClN2O2/c1-19(30)29(15-16-31-2)24-6-3-20(4-7-24)9-12-28-13-10-21(11-14-28)17-22-18-23(27)5-8-25(22)26/h5,8,18,20-21,24H,3-4,6-7,9-17H2,1-2H3/t20-,24-. The maximum atomic E-state index is 12.0. The van der Waals surface area contributed by atoms with Gasteiger partial charge in [-0.3, -0.25) is 4.79 Å². The zero-order valence-corrected chi connectivity index (χ0v) is 21.5. The molecule has 1 saturated heterocycles. The molecule has 3 rings (SSSR count). The minimum Gasteiger partial charge on any atom is -0.383 e. The van der Waals surface area contributed by atoms with Gasteiger partial charge in [-0.15, -0.1) is 0 Å². The smallest absolute Gasteiger partial charge is 0.219 e. The summed E-state index contributed by atoms with van der Waals surface area (Å²) in [6.45, 7) is 6.70. The van der Waals surface area contributed by atoms with Crippen molar-refractivity contribution >= 4 is 33.4 Å². The van der Waals surface area contributed by atoms with Gasteiger partial charge in [-0.1, -0.05) is 27.5 Å². The first-order chi connectivity index (χ1) is 15.0. The van der Waals surface area contributed by atoms with E-state index in [1.807, 2.05) is 11.0 Å². The van der Waals surface area contributed by atoms with E-state index in [1.165, 1.54) is 61.8 Å². The van der Waals surface area contributed by atoms with Gasteiger partial charge in [0.25, 0.3) is 0 Å². The normalized spacial score (nSPS) is 23.1. The summed E-state index contributed by atoms with van der Waals surface area (Å²) in [5.74, 6) is 1.76. The van der Waals surface area contributed by atoms with E-state index in [9.17, 15) is 4.79 Å². The monoisotopic (exact) mass is 512 g/mol. The van der Waals surface area contributed by atoms with Gasteiger partial charge >= 0.3 is 0 Å². The van der Waals surface area contributed by atoms with Gasteiger partial charge in [0.1, 0.15) is 0 Å². The number of amides is 1. The van der Waals surface area contributed by atoms with Crippen molar-refractivity contribution in [2.45, 2.75) is 64.3 Å². The fourth-order valence-electron chi connectivity index (χ4n) is 5.32. The Morgan fingerprint density at radius 2 is 1.87 bits per heavy atom. The summed E-state index contributed by atoms with van der Waals surface area (Å²) < 4.78 is 6.37. The second kappa shape index (κ2) is 12.6. The first kappa shape index (κ1) is 25.0. The highest BCUT2D eigenvalue weighted by atomic mass is 79.9. The Bertz CT molecular complexity index is 701. The molecule has 0 atom stereocenters. The van der Waals surface area contributed by atoms with Gasteiger partial charge in [0.15, 0.2) is 0 Å². The minimum atomic E-state index is 0.188. The molecule has 0 bridgehead atoms. The molecule has 0 N–H and O–H groups in total. The lowest BCUT2D eigenvalue weighted by molar-refractivity contribution is -0.132. The molecule has 1 aromatic rings. The van der Waals surface area contributed by atoms with E-state index in [0.717, 1.165) is 42.7 Å². The predicted octanol–water partition coefficient (Wildman–Crippen LogP) is 5.80. The fraction of sp³-hybridized carbons (Fsp3) is 0.720. The van der Waals surface area contributed by atoms with Crippen LogP contribution < -0.4 is 0 Å². The largest absolute Gasteiger partial charge is 0.383 e. The molecule has 1 saturated carbocycles. The highest BCUT2D eigenvalue weighted by Gasteiger charge is 2.28. The number of ether oxygens (including phenoxy) is 1. The van der Waals surface area contributed by atoms with Crippen molar-refractivity contribution in [2.75, 3.05) is 39.9 Å². The first-order valence-corrected chi connectivity index (χ1v) is 13.1. The van der Waals surface area contributed by atoms with Gasteiger partial charge in [-0.2, -0.15) is 0 Å². The van der Waals surface area contributed by atoms with Crippen LogP contribution in [0.25, 0.3) is 0 Å². The summed E-state index contributed by atoms with van der Waals surface area (Å²) in [5.41, 5.74) is 1.34. The molecule has 1 aliphatic heterocycles. The highest BCUT2D eigenvalue weighted by molar-refractivity contribution is 9.10. The maximum absolute atomic E-state index is 12.0. The van der Waals surface area contributed by atoms with Crippen LogP contribution >= 0.6 is 27.5 Å². The van der Waals surface area contributed by atoms with Gasteiger partial charge in [0, 0.05) is 36.1 Å². The molecule has 1 heterocycles. The average molecular weight is 514 g/mol. The van der Waals surface area contributed by atoms with Gasteiger partial charge in [-0.05, 0) is 107 Å². The predicted molar refractivity (Wildman–Crippen MR) is 132 cm³/mol. The van der Waals surface area contributed by atoms with Crippen LogP contribution in [0.5, 0.6) is 0 Å². The molecule has 1 aliphatic carbocycles. The van der Waals surface area contributed by atoms with E-state index in [2.05, 4.69) is 33.0 Å². The number of hydrogen-bond acceptors (Lipinski definition) is 3. The number of halogens is 2. The van der Waals surface area contributed by atoms with Gasteiger partial charge in [0.05, 0.1) is 6.61 Å². The van der Waals surface area contributed by atoms with Crippen molar-refractivity contribution in [3.63, 3.8) is 0 Å². The fourth-order valence-corrected chi connectivity index (χ4v) is 5.93. The van der Waals surface area contributed by atoms with Crippen molar-refractivity contribution in [3.05, 3.63) is 33.3 Å². The molecule has 1 aromatic carbocycles. The molecule has 4 nitrogen and oxygen atoms in total. The van der Waals surface area contributed by atoms with E-state index in [4.69, 9.17) is 16.3 Å². The van der Waals surface area contributed by atoms with E-state index in [0.29, 0.717) is 12.6 Å². The number of benzene rings is 1. The topological polar surface area (TPSA) is 32.8 Å². The number of carbonyl (C=O) groups excluding carboxylic acids is 1. The van der Waals surface area contributed by atoms with Crippen LogP contribution in [0.15, 0.2) is 22.7 Å². The average Bonchev–Trinajstić information content (AvgIpc) is 2.77. The Kier molecular flexibility index (Phi) is 10.1. The number of methoxy groups -OCH3 is 1. The van der Waals surface area contributed by atoms with Crippen LogP contribution in [0.3, 0.4) is 0 Å². The van der Waals surface area contributed by atoms with Crippen LogP contribution in [-0.4, -0.2) is 61.6 Å². The third-order valence-electron chi connectivity index (χ3n) is 7.27. The summed E-state index contributed by atoms with van der Waals surface area (Å²) in [6.07, 6.45) is 9.76. The number of rotatable bonds is 9. The number of nitrogens with zero attached hydrogens (tertiary/aromatic N) is 2. The first-order valence-electron chi connectivity index (χ1n) is 11.9. The van der Waals surface area contributed by atoms with E-state index in [-0.39, 0.29) is 5.91 Å². The van der Waals surface area contributed by atoms with Crippen LogP contribution in [0.1, 0.15) is 57.4 Å². The van der Waals surface area contributed by atoms with Crippen LogP contribution in [0.4, 0.5) is 0 Å². The molecule has 6 heteroatoms. The summed E-state index contributed by atoms with van der Waals surface area (Å²) in [6, 6.07) is 6.53. The lowest BCUT2D eigenvalue weighted by atomic mass is 9.83. The van der Waals surface area contributed by atoms with Gasteiger partial charge in [0.2, 0.25) is 5.91 Å². The Balaban J connectivity index is 1.35. The third-order valence-corrected chi connectivity index (χ3v) is 8.28. The second-order valence-electron chi connectivity index (χ2n) is 9.39. The van der Waals surface area contributed by atoms with Crippen molar-refractivity contribution in [3.8, 4) is 0 Å². The van der Waals surface area contributed by atoms with Crippen molar-refractivity contribution in [1.82, 2.24) is 9.80 Å². The number of hydrogen-bond donors (Lipinski definition) is 0. The van der Waals surface area contributed by atoms with Gasteiger partial charge in [-0.25, -0.2) is 0 Å². The maximum Gasteiger partial charge on any atom is 0.219 e. The molecule has 2 aliphatic rings. The molecule has 174 valence electrons. The Hall–Kier alpha value is -0.620. The molecule has 0 radical (unpaired) electrons. The van der Waals surface area contributed by atoms with Crippen LogP contribution in [0.2, 0.25) is 5.02 Å². The SMILES string of the molecule is COCCN(C(C)=O)[C@H]1CC[C@H](CCN2CCC(Cc3cc(Cl)ccc3Br)CC2)CC1. The lowest BCUT2D eigenvalue weighted by Crippen LogP contribution is -2.43. The quantitative estimate of drug-likeness (QED) is 0.418. The van der Waals surface area contributed by atoms with E-state index >= 15 is 0 Å². The molecule has 0 unspecified atom stereocenters. The van der Waals surface area contributed by atoms with E-state index < -0.39 is 0 Å². The Morgan fingerprint density at radius 1 is 1.16 bits per heavy atom. The molecule has 0 spiro atoms. The summed E-state index contributed by atoms with van der Waals surface area (Å²) in [4.78, 5) is 16.7.